The Morgan fingerprint density at radius 2 is 0.879 bits per heavy atom. The summed E-state index contributed by atoms with van der Waals surface area (Å²) in [6.07, 6.45) is 25.1. The summed E-state index contributed by atoms with van der Waals surface area (Å²) in [4.78, 5) is 3.10. The third-order valence-corrected chi connectivity index (χ3v) is 11.0. The number of fused-ring (bicyclic) bond motifs is 3. The van der Waals surface area contributed by atoms with E-state index >= 15 is 0 Å². The van der Waals surface area contributed by atoms with Crippen molar-refractivity contribution in [2.75, 3.05) is 0 Å². The summed E-state index contributed by atoms with van der Waals surface area (Å²) in [5.74, 6) is 0. The molecule has 0 aliphatic heterocycles. The van der Waals surface area contributed by atoms with E-state index < -0.39 is 0 Å². The Hall–Kier alpha value is 0.360. The molecule has 0 bridgehead atoms. The Bertz CT molecular complexity index is 751. The van der Waals surface area contributed by atoms with Crippen LogP contribution in [0.5, 0.6) is 0 Å². The molecule has 0 N–H and O–H groups in total. The molecule has 3 rings (SSSR count). The second-order valence-corrected chi connectivity index (χ2v) is 15.0. The molecule has 2 aromatic rings. The number of halogens is 2. The third kappa shape index (κ3) is 7.67. The Morgan fingerprint density at radius 3 is 1.24 bits per heavy atom. The molecule has 0 amide bonds. The van der Waals surface area contributed by atoms with E-state index in [0.717, 1.165) is 0 Å². The van der Waals surface area contributed by atoms with E-state index in [2.05, 4.69) is 57.8 Å². The number of unbranched alkanes of at least 4 members (excludes halogenated alkanes) is 14. The van der Waals surface area contributed by atoms with Crippen molar-refractivity contribution >= 4 is 54.5 Å². The van der Waals surface area contributed by atoms with Gasteiger partial charge < -0.3 is 0 Å². The summed E-state index contributed by atoms with van der Waals surface area (Å²) in [6, 6.07) is 4.94. The molecule has 2 aromatic heterocycles. The van der Waals surface area contributed by atoms with E-state index in [4.69, 9.17) is 0 Å². The predicted octanol–water partition coefficient (Wildman–Crippen LogP) is 12.7. The van der Waals surface area contributed by atoms with Gasteiger partial charge in [0.25, 0.3) is 0 Å². The molecule has 33 heavy (non-hydrogen) atoms. The van der Waals surface area contributed by atoms with Gasteiger partial charge in [-0.1, -0.05) is 117 Å². The SMILES string of the molecule is CCCCCCCCCCC1(CCCCCCCCCC)c2cc(Br)sc2-c2sc(Br)cc21. The van der Waals surface area contributed by atoms with Crippen molar-refractivity contribution in [1.29, 1.82) is 0 Å². The van der Waals surface area contributed by atoms with Crippen molar-refractivity contribution in [2.45, 2.75) is 135 Å². The number of hydrogen-bond acceptors (Lipinski definition) is 2. The fourth-order valence-electron chi connectivity index (χ4n) is 5.70. The molecule has 0 nitrogen and oxygen atoms in total. The summed E-state index contributed by atoms with van der Waals surface area (Å²) in [6.45, 7) is 4.61. The molecule has 2 heterocycles. The lowest BCUT2D eigenvalue weighted by Crippen LogP contribution is -2.24. The summed E-state index contributed by atoms with van der Waals surface area (Å²) in [7, 11) is 0. The van der Waals surface area contributed by atoms with Crippen LogP contribution in [0.15, 0.2) is 19.7 Å². The van der Waals surface area contributed by atoms with E-state index in [1.54, 1.807) is 20.9 Å². The number of hydrogen-bond donors (Lipinski definition) is 0. The van der Waals surface area contributed by atoms with Crippen molar-refractivity contribution in [1.82, 2.24) is 0 Å². The Labute approximate surface area is 228 Å². The zero-order valence-electron chi connectivity index (χ0n) is 21.0. The first-order chi connectivity index (χ1) is 16.1. The van der Waals surface area contributed by atoms with E-state index in [-0.39, 0.29) is 5.41 Å². The zero-order chi connectivity index (χ0) is 23.5. The summed E-state index contributed by atoms with van der Waals surface area (Å²) in [5.41, 5.74) is 3.53. The van der Waals surface area contributed by atoms with Crippen molar-refractivity contribution in [2.24, 2.45) is 0 Å². The average Bonchev–Trinajstić information content (AvgIpc) is 3.43. The number of thiophene rings is 2. The van der Waals surface area contributed by atoms with Gasteiger partial charge in [-0.3, -0.25) is 0 Å². The fourth-order valence-corrected chi connectivity index (χ4v) is 9.26. The van der Waals surface area contributed by atoms with Gasteiger partial charge in [-0.25, -0.2) is 0 Å². The first kappa shape index (κ1) is 27.9. The number of rotatable bonds is 18. The second-order valence-electron chi connectivity index (χ2n) is 10.1. The quantitative estimate of drug-likeness (QED) is 0.146. The van der Waals surface area contributed by atoms with Gasteiger partial charge in [0.1, 0.15) is 0 Å². The van der Waals surface area contributed by atoms with Gasteiger partial charge in [0.05, 0.1) is 7.57 Å². The predicted molar refractivity (Wildman–Crippen MR) is 158 cm³/mol. The third-order valence-electron chi connectivity index (χ3n) is 7.56. The van der Waals surface area contributed by atoms with Crippen LogP contribution in [0.4, 0.5) is 0 Å². The standard InChI is InChI=1S/C29H44Br2S2/c1-3-5-7-9-11-13-15-17-19-29(20-18-16-14-12-10-8-6-4-2)23-21-25(30)32-27(23)28-24(29)22-26(31)33-28/h21-22H,3-20H2,1-2H3. The van der Waals surface area contributed by atoms with Crippen LogP contribution in [-0.4, -0.2) is 0 Å². The minimum absolute atomic E-state index is 0.250. The van der Waals surface area contributed by atoms with Crippen molar-refractivity contribution in [3.8, 4) is 9.75 Å². The summed E-state index contributed by atoms with van der Waals surface area (Å²) in [5, 5.41) is 0. The highest BCUT2D eigenvalue weighted by Crippen LogP contribution is 2.60. The van der Waals surface area contributed by atoms with Crippen LogP contribution in [0.2, 0.25) is 0 Å². The van der Waals surface area contributed by atoms with Crippen LogP contribution < -0.4 is 0 Å². The molecule has 0 saturated carbocycles. The molecule has 0 atom stereocenters. The van der Waals surface area contributed by atoms with E-state index in [1.807, 2.05) is 22.7 Å². The molecule has 0 fully saturated rings. The summed E-state index contributed by atoms with van der Waals surface area (Å²) >= 11 is 11.6. The molecular formula is C29H44Br2S2. The van der Waals surface area contributed by atoms with Crippen molar-refractivity contribution in [3.05, 3.63) is 30.8 Å². The second kappa shape index (κ2) is 14.8. The van der Waals surface area contributed by atoms with Gasteiger partial charge in [-0.05, 0) is 68.0 Å². The van der Waals surface area contributed by atoms with E-state index in [0.29, 0.717) is 0 Å². The minimum atomic E-state index is 0.250. The average molecular weight is 617 g/mol. The molecule has 4 heteroatoms. The normalized spacial score (nSPS) is 14.1. The highest BCUT2D eigenvalue weighted by molar-refractivity contribution is 9.11. The maximum absolute atomic E-state index is 3.83. The lowest BCUT2D eigenvalue weighted by atomic mass is 9.71. The molecular weight excluding hydrogens is 572 g/mol. The van der Waals surface area contributed by atoms with Crippen molar-refractivity contribution in [3.63, 3.8) is 0 Å². The van der Waals surface area contributed by atoms with E-state index in [9.17, 15) is 0 Å². The lowest BCUT2D eigenvalue weighted by molar-refractivity contribution is 0.398. The smallest absolute Gasteiger partial charge is 0.0708 e. The van der Waals surface area contributed by atoms with E-state index in [1.165, 1.54) is 123 Å². The van der Waals surface area contributed by atoms with Crippen LogP contribution in [0, 0.1) is 0 Å². The lowest BCUT2D eigenvalue weighted by Gasteiger charge is -2.31. The first-order valence-corrected chi connectivity index (χ1v) is 16.9. The van der Waals surface area contributed by atoms with Crippen LogP contribution >= 0.6 is 54.5 Å². The van der Waals surface area contributed by atoms with Gasteiger partial charge >= 0.3 is 0 Å². The zero-order valence-corrected chi connectivity index (χ0v) is 25.8. The van der Waals surface area contributed by atoms with Gasteiger partial charge in [-0.15, -0.1) is 22.7 Å². The molecule has 0 saturated heterocycles. The monoisotopic (exact) mass is 614 g/mol. The summed E-state index contributed by atoms with van der Waals surface area (Å²) < 4.78 is 2.61. The van der Waals surface area contributed by atoms with Gasteiger partial charge in [0.2, 0.25) is 0 Å². The van der Waals surface area contributed by atoms with Gasteiger partial charge in [-0.2, -0.15) is 0 Å². The van der Waals surface area contributed by atoms with Crippen LogP contribution in [0.25, 0.3) is 9.75 Å². The Morgan fingerprint density at radius 1 is 0.545 bits per heavy atom. The Kier molecular flexibility index (Phi) is 12.5. The molecule has 0 spiro atoms. The highest BCUT2D eigenvalue weighted by Gasteiger charge is 2.45. The van der Waals surface area contributed by atoms with Crippen LogP contribution in [0.1, 0.15) is 141 Å². The van der Waals surface area contributed by atoms with Crippen LogP contribution in [-0.2, 0) is 5.41 Å². The highest BCUT2D eigenvalue weighted by atomic mass is 79.9. The first-order valence-electron chi connectivity index (χ1n) is 13.7. The maximum Gasteiger partial charge on any atom is 0.0708 e. The van der Waals surface area contributed by atoms with Crippen molar-refractivity contribution < 1.29 is 0 Å². The largest absolute Gasteiger partial charge is 0.127 e. The fraction of sp³-hybridized carbons (Fsp3) is 0.724. The maximum atomic E-state index is 3.83. The molecule has 0 aromatic carbocycles. The van der Waals surface area contributed by atoms with Gasteiger partial charge in [0.15, 0.2) is 0 Å². The topological polar surface area (TPSA) is 0 Å². The molecule has 1 aliphatic rings. The molecule has 0 unspecified atom stereocenters. The van der Waals surface area contributed by atoms with Crippen LogP contribution in [0.3, 0.4) is 0 Å². The molecule has 1 aliphatic carbocycles. The van der Waals surface area contributed by atoms with Gasteiger partial charge in [0, 0.05) is 15.2 Å². The Balaban J connectivity index is 1.61. The minimum Gasteiger partial charge on any atom is -0.127 e. The molecule has 186 valence electrons. The molecule has 0 radical (unpaired) electrons.